The molecule has 7 rings (SSSR count). The fourth-order valence-corrected chi connectivity index (χ4v) is 8.43. The van der Waals surface area contributed by atoms with Crippen LogP contribution >= 0.6 is 11.6 Å². The molecule has 21 heteroatoms. The van der Waals surface area contributed by atoms with Crippen LogP contribution in [-0.4, -0.2) is 107 Å². The number of carbonyl (C=O) groups excluding carboxylic acids is 2. The molecule has 3 aromatic carbocycles. The normalized spacial score (nSPS) is 18.9. The van der Waals surface area contributed by atoms with E-state index in [1.165, 1.54) is 50.8 Å². The predicted molar refractivity (Wildman–Crippen MR) is 234 cm³/mol. The largest absolute Gasteiger partial charge is 0.488 e. The predicted octanol–water partition coefficient (Wildman–Crippen LogP) is 4.07. The lowest BCUT2D eigenvalue weighted by Crippen LogP contribution is -2.54. The number of likely N-dealkylation sites (N-methyl/N-ethyl adjacent to an activating group) is 1. The van der Waals surface area contributed by atoms with Crippen molar-refractivity contribution in [1.29, 1.82) is 0 Å². The average Bonchev–Trinajstić information content (AvgIpc) is 4.02. The van der Waals surface area contributed by atoms with Crippen molar-refractivity contribution in [2.24, 2.45) is 0 Å². The van der Waals surface area contributed by atoms with Crippen molar-refractivity contribution in [3.8, 4) is 5.75 Å². The maximum Gasteiger partial charge on any atom is 0.416 e. The van der Waals surface area contributed by atoms with Gasteiger partial charge in [-0.2, -0.15) is 14.3 Å². The number of nitrogens with zero attached hydrogens (tertiary/aromatic N) is 9. The summed E-state index contributed by atoms with van der Waals surface area (Å²) >= 11 is 6.43. The van der Waals surface area contributed by atoms with Gasteiger partial charge in [0.05, 0.1) is 44.1 Å². The van der Waals surface area contributed by atoms with E-state index in [9.17, 15) is 23.9 Å². The van der Waals surface area contributed by atoms with Gasteiger partial charge >= 0.3 is 17.8 Å². The molecular weight excluding hydrogens is 870 g/mol. The Kier molecular flexibility index (Phi) is 14.7. The van der Waals surface area contributed by atoms with E-state index in [0.717, 1.165) is 11.8 Å². The lowest BCUT2D eigenvalue weighted by Gasteiger charge is -2.36. The number of aliphatic hydroxyl groups is 1. The van der Waals surface area contributed by atoms with E-state index in [2.05, 4.69) is 20.4 Å². The number of hydrogen-bond donors (Lipinski definition) is 2. The smallest absolute Gasteiger partial charge is 0.416 e. The molecule has 2 aliphatic rings. The molecule has 0 radical (unpaired) electrons. The Balaban J connectivity index is 0.983. The number of nitrogens with one attached hydrogen (secondary N) is 1. The van der Waals surface area contributed by atoms with Gasteiger partial charge in [0, 0.05) is 66.5 Å². The number of aliphatic hydroxyl groups excluding tert-OH is 1. The molecule has 2 fully saturated rings. The van der Waals surface area contributed by atoms with E-state index in [0.29, 0.717) is 54.6 Å². The van der Waals surface area contributed by atoms with Gasteiger partial charge in [-0.15, -0.1) is 4.68 Å². The molecule has 2 N–H and O–H groups in total. The number of esters is 1. The minimum Gasteiger partial charge on any atom is -0.488 e. The van der Waals surface area contributed by atoms with Crippen molar-refractivity contribution in [1.82, 2.24) is 29.6 Å². The number of ether oxygens (including phenoxy) is 4. The van der Waals surface area contributed by atoms with Crippen LogP contribution in [0.15, 0.2) is 84.4 Å². The lowest BCUT2D eigenvalue weighted by atomic mass is 9.89. The Labute approximate surface area is 379 Å². The first-order chi connectivity index (χ1) is 31.2. The molecule has 65 heavy (non-hydrogen) atoms. The molecule has 2 aliphatic heterocycles. The number of carbonyl (C=O) groups is 2. The molecule has 0 saturated carbocycles. The van der Waals surface area contributed by atoms with Gasteiger partial charge in [-0.3, -0.25) is 9.69 Å². The van der Waals surface area contributed by atoms with Crippen LogP contribution in [0.25, 0.3) is 0 Å². The first kappa shape index (κ1) is 46.9. The number of halogens is 3. The lowest BCUT2D eigenvalue weighted by molar-refractivity contribution is -0.753. The zero-order valence-electron chi connectivity index (χ0n) is 36.8. The summed E-state index contributed by atoms with van der Waals surface area (Å²) in [5.74, 6) is -1.41. The van der Waals surface area contributed by atoms with E-state index >= 15 is 4.39 Å². The van der Waals surface area contributed by atoms with E-state index in [1.54, 1.807) is 50.0 Å². The highest BCUT2D eigenvalue weighted by Crippen LogP contribution is 2.41. The number of benzene rings is 3. The summed E-state index contributed by atoms with van der Waals surface area (Å²) in [7, 11) is 3.13. The SMILES string of the molecule is CCC(C(C)O)n1ncn(N2CCN(c3ccc(OC4COC(Cn5c[n+](C(C)OC(=O)N(C)c6cccc(Cl)c6COC(=O)CNC)cn5)(c5ccc(F)cc5F)C4)cc3)CC2)c1=O. The standard InChI is InChI=1S/C44H54ClF2N10O8/c1-6-39(29(2)58)57-42(60)56(27-50-57)55-18-16-52(17-19-55)32-11-13-33(14-12-32)65-34-21-44(63-23-34,36-15-10-31(46)20-38(36)47)25-54-28-53(26-49-54)30(3)64-43(61)51(5)40-9-7-8-37(45)35(40)24-62-41(59)22-48-4/h7-15,20,26-30,34,39,48,58H,6,16-19,21-25H2,1-5H3/q+1. The molecule has 0 spiro atoms. The Morgan fingerprint density at radius 3 is 2.54 bits per heavy atom. The quantitative estimate of drug-likeness (QED) is 0.101. The molecule has 1 amide bonds. The topological polar surface area (TPSA) is 175 Å². The van der Waals surface area contributed by atoms with Gasteiger partial charge < -0.3 is 39.3 Å². The van der Waals surface area contributed by atoms with Gasteiger partial charge in [-0.1, -0.05) is 30.7 Å². The molecule has 5 aromatic rings. The summed E-state index contributed by atoms with van der Waals surface area (Å²) in [4.78, 5) is 42.0. The van der Waals surface area contributed by atoms with Crippen LogP contribution in [0.4, 0.5) is 25.0 Å². The van der Waals surface area contributed by atoms with Gasteiger partial charge in [-0.25, -0.2) is 23.1 Å². The highest BCUT2D eigenvalue weighted by Gasteiger charge is 2.47. The molecule has 4 heterocycles. The van der Waals surface area contributed by atoms with Crippen LogP contribution in [0.2, 0.25) is 5.02 Å². The van der Waals surface area contributed by atoms with Gasteiger partial charge in [-0.05, 0) is 62.9 Å². The summed E-state index contributed by atoms with van der Waals surface area (Å²) < 4.78 is 59.5. The third kappa shape index (κ3) is 10.6. The second-order valence-electron chi connectivity index (χ2n) is 16.1. The van der Waals surface area contributed by atoms with Crippen LogP contribution in [0.1, 0.15) is 57.0 Å². The zero-order chi connectivity index (χ0) is 46.4. The van der Waals surface area contributed by atoms with Crippen molar-refractivity contribution in [3.05, 3.63) is 118 Å². The summed E-state index contributed by atoms with van der Waals surface area (Å²) in [6, 6.07) is 15.5. The van der Waals surface area contributed by atoms with Crippen LogP contribution < -0.4 is 35.1 Å². The Hall–Kier alpha value is -6.09. The number of anilines is 2. The average molecular weight is 924 g/mol. The Morgan fingerprint density at radius 1 is 1.09 bits per heavy atom. The molecule has 2 saturated heterocycles. The van der Waals surface area contributed by atoms with Gasteiger partial charge in [0.25, 0.3) is 6.33 Å². The van der Waals surface area contributed by atoms with Crippen molar-refractivity contribution in [2.75, 3.05) is 68.2 Å². The minimum absolute atomic E-state index is 0.00558. The monoisotopic (exact) mass is 923 g/mol. The van der Waals surface area contributed by atoms with Crippen LogP contribution in [0.5, 0.6) is 5.75 Å². The molecule has 5 atom stereocenters. The van der Waals surface area contributed by atoms with E-state index in [1.807, 2.05) is 36.2 Å². The summed E-state index contributed by atoms with van der Waals surface area (Å²) in [6.45, 7) is 7.64. The summed E-state index contributed by atoms with van der Waals surface area (Å²) in [5.41, 5.74) is 0.331. The second kappa shape index (κ2) is 20.4. The van der Waals surface area contributed by atoms with Crippen molar-refractivity contribution < 1.29 is 47.0 Å². The fraction of sp³-hybridized carbons (Fsp3) is 0.455. The number of piperazine rings is 1. The maximum absolute atomic E-state index is 15.6. The molecular formula is C44H54ClF2N10O8+. The first-order valence-electron chi connectivity index (χ1n) is 21.4. The van der Waals surface area contributed by atoms with Gasteiger partial charge in [0.15, 0.2) is 0 Å². The van der Waals surface area contributed by atoms with Crippen LogP contribution in [0.3, 0.4) is 0 Å². The van der Waals surface area contributed by atoms with Gasteiger partial charge in [0.2, 0.25) is 12.6 Å². The molecule has 348 valence electrons. The van der Waals surface area contributed by atoms with Crippen molar-refractivity contribution in [2.45, 2.75) is 76.8 Å². The second-order valence-corrected chi connectivity index (χ2v) is 16.5. The maximum atomic E-state index is 15.6. The van der Waals surface area contributed by atoms with Crippen LogP contribution in [0, 0.1) is 11.6 Å². The molecule has 5 unspecified atom stereocenters. The summed E-state index contributed by atoms with van der Waals surface area (Å²) in [5, 5.41) is 23.8. The zero-order valence-corrected chi connectivity index (χ0v) is 37.6. The highest BCUT2D eigenvalue weighted by molar-refractivity contribution is 6.31. The number of amides is 1. The molecule has 0 bridgehead atoms. The third-order valence-corrected chi connectivity index (χ3v) is 12.0. The van der Waals surface area contributed by atoms with Crippen molar-refractivity contribution >= 4 is 35.0 Å². The third-order valence-electron chi connectivity index (χ3n) is 11.7. The Morgan fingerprint density at radius 2 is 1.85 bits per heavy atom. The molecule has 2 aromatic heterocycles. The Bertz CT molecular complexity index is 2500. The fourth-order valence-electron chi connectivity index (χ4n) is 8.21. The number of hydrogen-bond acceptors (Lipinski definition) is 13. The van der Waals surface area contributed by atoms with E-state index in [-0.39, 0.29) is 44.0 Å². The molecule has 18 nitrogen and oxygen atoms in total. The summed E-state index contributed by atoms with van der Waals surface area (Å²) in [6.07, 6.45) is 2.54. The highest BCUT2D eigenvalue weighted by atomic mass is 35.5. The first-order valence-corrected chi connectivity index (χ1v) is 21.7. The molecule has 0 aliphatic carbocycles. The number of aromatic nitrogens is 6. The minimum atomic E-state index is -1.31. The van der Waals surface area contributed by atoms with E-state index in [4.69, 9.17) is 30.5 Å². The van der Waals surface area contributed by atoms with Crippen LogP contribution in [-0.2, 0) is 37.8 Å². The van der Waals surface area contributed by atoms with Gasteiger partial charge in [0.1, 0.15) is 48.6 Å². The number of rotatable bonds is 17. The van der Waals surface area contributed by atoms with Crippen molar-refractivity contribution in [3.63, 3.8) is 0 Å². The van der Waals surface area contributed by atoms with E-state index < -0.39 is 53.8 Å².